The number of hydrogen-bond donors (Lipinski definition) is 2. The van der Waals surface area contributed by atoms with Crippen molar-refractivity contribution in [1.82, 2.24) is 0 Å². The van der Waals surface area contributed by atoms with Gasteiger partial charge in [0, 0.05) is 5.56 Å². The minimum absolute atomic E-state index is 0.102. The highest BCUT2D eigenvalue weighted by Crippen LogP contribution is 2.27. The van der Waals surface area contributed by atoms with Gasteiger partial charge in [-0.1, -0.05) is 5.16 Å². The van der Waals surface area contributed by atoms with Crippen molar-refractivity contribution in [1.29, 1.82) is 0 Å². The average Bonchev–Trinajstić information content (AvgIpc) is 2.53. The highest BCUT2D eigenvalue weighted by atomic mass is 16.5. The maximum Gasteiger partial charge on any atom is 0.306 e. The summed E-state index contributed by atoms with van der Waals surface area (Å²) in [6, 6.07) is 4.80. The topological polar surface area (TPSA) is 115 Å². The van der Waals surface area contributed by atoms with Crippen molar-refractivity contribution >= 4 is 17.7 Å². The summed E-state index contributed by atoms with van der Waals surface area (Å²) >= 11 is 0. The van der Waals surface area contributed by atoms with Gasteiger partial charge >= 0.3 is 11.9 Å². The molecule has 0 aromatic heterocycles. The van der Waals surface area contributed by atoms with E-state index < -0.39 is 11.9 Å². The van der Waals surface area contributed by atoms with E-state index in [9.17, 15) is 9.59 Å². The minimum atomic E-state index is -1.09. The molecule has 0 aliphatic heterocycles. The summed E-state index contributed by atoms with van der Waals surface area (Å²) < 4.78 is 15.1. The molecule has 0 amide bonds. The van der Waals surface area contributed by atoms with Crippen molar-refractivity contribution in [2.24, 2.45) is 5.16 Å². The number of carboxylic acid groups (broad SMARTS) is 1. The molecule has 0 saturated heterocycles. The summed E-state index contributed by atoms with van der Waals surface area (Å²) in [5.74, 6) is -0.850. The first-order valence-electron chi connectivity index (χ1n) is 6.32. The predicted molar refractivity (Wildman–Crippen MR) is 75.7 cm³/mol. The smallest absolute Gasteiger partial charge is 0.306 e. The highest BCUT2D eigenvalue weighted by molar-refractivity contribution is 6.02. The van der Waals surface area contributed by atoms with Gasteiger partial charge in [0.15, 0.2) is 11.5 Å². The van der Waals surface area contributed by atoms with Crippen LogP contribution in [0.25, 0.3) is 0 Å². The molecule has 0 aliphatic carbocycles. The second kappa shape index (κ2) is 8.50. The van der Waals surface area contributed by atoms with E-state index in [1.54, 1.807) is 18.2 Å². The Morgan fingerprint density at radius 1 is 1.14 bits per heavy atom. The summed E-state index contributed by atoms with van der Waals surface area (Å²) in [7, 11) is 2.95. The van der Waals surface area contributed by atoms with Gasteiger partial charge in [-0.15, -0.1) is 0 Å². The highest BCUT2D eigenvalue weighted by Gasteiger charge is 2.13. The first-order valence-corrected chi connectivity index (χ1v) is 6.32. The Morgan fingerprint density at radius 2 is 1.82 bits per heavy atom. The molecule has 0 atom stereocenters. The Hall–Kier alpha value is -2.77. The van der Waals surface area contributed by atoms with Crippen LogP contribution in [0.15, 0.2) is 23.4 Å². The average molecular weight is 311 g/mol. The molecule has 8 heteroatoms. The zero-order valence-corrected chi connectivity index (χ0v) is 12.2. The lowest BCUT2D eigenvalue weighted by Crippen LogP contribution is -2.16. The van der Waals surface area contributed by atoms with Gasteiger partial charge < -0.3 is 24.5 Å². The van der Waals surface area contributed by atoms with Gasteiger partial charge in [-0.2, -0.15) is 0 Å². The van der Waals surface area contributed by atoms with Gasteiger partial charge in [-0.25, -0.2) is 0 Å². The number of oxime groups is 1. The summed E-state index contributed by atoms with van der Waals surface area (Å²) in [5.41, 5.74) is 0.579. The molecule has 0 heterocycles. The third-order valence-electron chi connectivity index (χ3n) is 2.75. The predicted octanol–water partition coefficient (Wildman–Crippen LogP) is 1.29. The molecule has 2 N–H and O–H groups in total. The van der Waals surface area contributed by atoms with E-state index in [2.05, 4.69) is 5.16 Å². The van der Waals surface area contributed by atoms with Gasteiger partial charge in [0.1, 0.15) is 12.3 Å². The fourth-order valence-corrected chi connectivity index (χ4v) is 1.62. The van der Waals surface area contributed by atoms with Crippen LogP contribution in [0.3, 0.4) is 0 Å². The summed E-state index contributed by atoms with van der Waals surface area (Å²) in [6.07, 6.45) is -0.569. The van der Waals surface area contributed by atoms with Crippen LogP contribution in [-0.2, 0) is 14.3 Å². The lowest BCUT2D eigenvalue weighted by Gasteiger charge is -2.10. The van der Waals surface area contributed by atoms with Crippen molar-refractivity contribution in [3.8, 4) is 11.5 Å². The number of methoxy groups -OCH3 is 2. The number of ether oxygens (including phenoxy) is 3. The zero-order valence-electron chi connectivity index (χ0n) is 12.2. The Morgan fingerprint density at radius 3 is 2.36 bits per heavy atom. The van der Waals surface area contributed by atoms with Crippen LogP contribution in [0, 0.1) is 0 Å². The third kappa shape index (κ3) is 4.97. The van der Waals surface area contributed by atoms with Crippen LogP contribution in [-0.4, -0.2) is 48.8 Å². The number of esters is 1. The second-order valence-corrected chi connectivity index (χ2v) is 4.17. The second-order valence-electron chi connectivity index (χ2n) is 4.17. The number of aliphatic carboxylic acids is 1. The Bertz CT molecular complexity index is 568. The van der Waals surface area contributed by atoms with Gasteiger partial charge in [-0.05, 0) is 18.2 Å². The largest absolute Gasteiger partial charge is 0.493 e. The fourth-order valence-electron chi connectivity index (χ4n) is 1.62. The van der Waals surface area contributed by atoms with E-state index in [4.69, 9.17) is 24.5 Å². The van der Waals surface area contributed by atoms with E-state index in [0.29, 0.717) is 17.1 Å². The first-order chi connectivity index (χ1) is 10.5. The molecule has 0 fully saturated rings. The molecule has 8 nitrogen and oxygen atoms in total. The number of carbonyl (C=O) groups excluding carboxylic acids is 1. The number of nitrogens with zero attached hydrogens (tertiary/aromatic N) is 1. The van der Waals surface area contributed by atoms with Crippen LogP contribution in [0.4, 0.5) is 0 Å². The first kappa shape index (κ1) is 17.3. The van der Waals surface area contributed by atoms with E-state index in [-0.39, 0.29) is 25.2 Å². The molecule has 0 bridgehead atoms. The Labute approximate surface area is 126 Å². The van der Waals surface area contributed by atoms with E-state index in [1.807, 2.05) is 0 Å². The van der Waals surface area contributed by atoms with E-state index in [0.717, 1.165) is 0 Å². The van der Waals surface area contributed by atoms with Crippen molar-refractivity contribution in [2.45, 2.75) is 12.8 Å². The van der Waals surface area contributed by atoms with Crippen LogP contribution in [0.2, 0.25) is 0 Å². The zero-order chi connectivity index (χ0) is 16.5. The molecule has 0 aliphatic rings. The molecule has 0 spiro atoms. The molecular formula is C14H17NO7. The SMILES string of the molecule is COc1ccc(C(COC(=O)CCC(=O)O)=NO)cc1OC. The molecule has 0 unspecified atom stereocenters. The van der Waals surface area contributed by atoms with Gasteiger partial charge in [0.05, 0.1) is 27.1 Å². The molecule has 1 aromatic carbocycles. The number of rotatable bonds is 8. The van der Waals surface area contributed by atoms with Gasteiger partial charge in [-0.3, -0.25) is 9.59 Å². The van der Waals surface area contributed by atoms with Crippen LogP contribution in [0.1, 0.15) is 18.4 Å². The monoisotopic (exact) mass is 311 g/mol. The van der Waals surface area contributed by atoms with Gasteiger partial charge in [0.25, 0.3) is 0 Å². The number of benzene rings is 1. The Kier molecular flexibility index (Phi) is 6.68. The number of hydrogen-bond acceptors (Lipinski definition) is 7. The molecule has 1 aromatic rings. The molecule has 0 radical (unpaired) electrons. The lowest BCUT2D eigenvalue weighted by atomic mass is 10.1. The summed E-state index contributed by atoms with van der Waals surface area (Å²) in [6.45, 7) is -0.287. The maximum absolute atomic E-state index is 11.4. The van der Waals surface area contributed by atoms with Crippen LogP contribution >= 0.6 is 0 Å². The third-order valence-corrected chi connectivity index (χ3v) is 2.75. The van der Waals surface area contributed by atoms with E-state index >= 15 is 0 Å². The van der Waals surface area contributed by atoms with Gasteiger partial charge in [0.2, 0.25) is 0 Å². The van der Waals surface area contributed by atoms with Crippen molar-refractivity contribution in [3.05, 3.63) is 23.8 Å². The molecule has 1 rings (SSSR count). The van der Waals surface area contributed by atoms with Crippen molar-refractivity contribution in [2.75, 3.05) is 20.8 Å². The number of carboxylic acids is 1. The maximum atomic E-state index is 11.4. The van der Waals surface area contributed by atoms with Crippen molar-refractivity contribution < 1.29 is 34.1 Å². The molecule has 120 valence electrons. The minimum Gasteiger partial charge on any atom is -0.493 e. The standard InChI is InChI=1S/C14H17NO7/c1-20-11-4-3-9(7-12(11)21-2)10(15-19)8-22-14(18)6-5-13(16)17/h3-4,7,19H,5-6,8H2,1-2H3,(H,16,17). The summed E-state index contributed by atoms with van der Waals surface area (Å²) in [5, 5.41) is 20.6. The quantitative estimate of drug-likeness (QED) is 0.322. The lowest BCUT2D eigenvalue weighted by molar-refractivity contribution is -0.146. The van der Waals surface area contributed by atoms with Crippen molar-refractivity contribution in [3.63, 3.8) is 0 Å². The molecule has 0 saturated carbocycles. The van der Waals surface area contributed by atoms with Crippen LogP contribution < -0.4 is 9.47 Å². The van der Waals surface area contributed by atoms with E-state index in [1.165, 1.54) is 14.2 Å². The number of carbonyl (C=O) groups is 2. The van der Waals surface area contributed by atoms with Crippen LogP contribution in [0.5, 0.6) is 11.5 Å². The molecular weight excluding hydrogens is 294 g/mol. The normalized spacial score (nSPS) is 10.9. The summed E-state index contributed by atoms with van der Waals surface area (Å²) in [4.78, 5) is 21.7. The Balaban J connectivity index is 2.72. The fraction of sp³-hybridized carbons (Fsp3) is 0.357. The molecule has 22 heavy (non-hydrogen) atoms.